The smallest absolute Gasteiger partial charge is 0.247 e. The first-order valence-electron chi connectivity index (χ1n) is 11.8. The maximum absolute atomic E-state index is 13.8. The zero-order chi connectivity index (χ0) is 25.9. The number of methoxy groups -OCH3 is 1. The van der Waals surface area contributed by atoms with Crippen LogP contribution >= 0.6 is 0 Å². The lowest BCUT2D eigenvalue weighted by Crippen LogP contribution is -2.22. The molecule has 3 heterocycles. The number of aromatic nitrogens is 3. The van der Waals surface area contributed by atoms with E-state index in [9.17, 15) is 9.18 Å². The molecular weight excluding hydrogens is 475 g/mol. The minimum Gasteiger partial charge on any atom is -0.494 e. The van der Waals surface area contributed by atoms with E-state index >= 15 is 0 Å². The molecule has 2 aromatic carbocycles. The number of rotatable bonds is 8. The van der Waals surface area contributed by atoms with Crippen LogP contribution in [0, 0.1) is 5.82 Å². The summed E-state index contributed by atoms with van der Waals surface area (Å²) in [5, 5.41) is 6.79. The number of nitrogens with one attached hydrogen (secondary N) is 2. The quantitative estimate of drug-likeness (QED) is 0.342. The van der Waals surface area contributed by atoms with E-state index in [0.717, 1.165) is 24.9 Å². The van der Waals surface area contributed by atoms with Gasteiger partial charge in [0.2, 0.25) is 11.9 Å². The van der Waals surface area contributed by atoms with Crippen molar-refractivity contribution >= 4 is 34.3 Å². The number of carbonyl (C=O) groups excluding carboxylic acids is 1. The van der Waals surface area contributed by atoms with Crippen molar-refractivity contribution in [2.45, 2.75) is 12.5 Å². The van der Waals surface area contributed by atoms with Gasteiger partial charge in [-0.1, -0.05) is 12.6 Å². The number of amides is 1. The Balaban J connectivity index is 1.50. The van der Waals surface area contributed by atoms with Gasteiger partial charge in [0.15, 0.2) is 0 Å². The molecule has 37 heavy (non-hydrogen) atoms. The molecule has 0 radical (unpaired) electrons. The van der Waals surface area contributed by atoms with E-state index in [1.54, 1.807) is 42.1 Å². The van der Waals surface area contributed by atoms with Gasteiger partial charge in [0.1, 0.15) is 29.1 Å². The van der Waals surface area contributed by atoms with Crippen LogP contribution in [-0.2, 0) is 4.79 Å². The van der Waals surface area contributed by atoms with Crippen molar-refractivity contribution in [1.29, 1.82) is 0 Å². The van der Waals surface area contributed by atoms with Gasteiger partial charge >= 0.3 is 0 Å². The summed E-state index contributed by atoms with van der Waals surface area (Å²) < 4.78 is 27.5. The van der Waals surface area contributed by atoms with Gasteiger partial charge in [0.25, 0.3) is 0 Å². The zero-order valence-electron chi connectivity index (χ0n) is 20.6. The SMILES string of the molecule is C=CC(=O)Nc1cc(Nc2ncc3ccn(-c4cccc(F)c4)c3n2)c(OC)cc1OC1CCN(C)C1. The molecule has 2 N–H and O–H groups in total. The summed E-state index contributed by atoms with van der Waals surface area (Å²) in [6.07, 6.45) is 5.57. The largest absolute Gasteiger partial charge is 0.494 e. The van der Waals surface area contributed by atoms with Crippen LogP contribution in [0.5, 0.6) is 11.5 Å². The van der Waals surface area contributed by atoms with Crippen LogP contribution in [0.3, 0.4) is 0 Å². The Morgan fingerprint density at radius 1 is 1.22 bits per heavy atom. The highest BCUT2D eigenvalue weighted by Crippen LogP contribution is 2.39. The summed E-state index contributed by atoms with van der Waals surface area (Å²) in [4.78, 5) is 23.4. The van der Waals surface area contributed by atoms with Gasteiger partial charge < -0.3 is 29.6 Å². The van der Waals surface area contributed by atoms with E-state index < -0.39 is 0 Å². The number of halogens is 1. The highest BCUT2D eigenvalue weighted by Gasteiger charge is 2.23. The number of anilines is 3. The van der Waals surface area contributed by atoms with E-state index in [0.29, 0.717) is 40.2 Å². The van der Waals surface area contributed by atoms with Gasteiger partial charge in [0.05, 0.1) is 18.5 Å². The third kappa shape index (κ3) is 5.24. The van der Waals surface area contributed by atoms with Gasteiger partial charge in [-0.3, -0.25) is 4.79 Å². The van der Waals surface area contributed by atoms with Crippen molar-refractivity contribution in [3.8, 4) is 17.2 Å². The number of likely N-dealkylation sites (N-methyl/N-ethyl adjacent to an activating group) is 1. The molecule has 4 aromatic rings. The van der Waals surface area contributed by atoms with Crippen LogP contribution in [0.2, 0.25) is 0 Å². The lowest BCUT2D eigenvalue weighted by Gasteiger charge is -2.20. The Bertz CT molecular complexity index is 1470. The van der Waals surface area contributed by atoms with E-state index in [4.69, 9.17) is 9.47 Å². The molecule has 0 saturated carbocycles. The average molecular weight is 503 g/mol. The second kappa shape index (κ2) is 10.3. The Morgan fingerprint density at radius 2 is 2.08 bits per heavy atom. The highest BCUT2D eigenvalue weighted by molar-refractivity contribution is 6.00. The molecule has 1 aliphatic heterocycles. The summed E-state index contributed by atoms with van der Waals surface area (Å²) in [6.45, 7) is 5.27. The number of fused-ring (bicyclic) bond motifs is 1. The molecule has 190 valence electrons. The van der Waals surface area contributed by atoms with Gasteiger partial charge in [-0.2, -0.15) is 4.98 Å². The summed E-state index contributed by atoms with van der Waals surface area (Å²) in [5.74, 6) is 0.581. The fourth-order valence-electron chi connectivity index (χ4n) is 4.31. The minimum absolute atomic E-state index is 0.00532. The summed E-state index contributed by atoms with van der Waals surface area (Å²) >= 11 is 0. The van der Waals surface area contributed by atoms with Crippen LogP contribution in [0.1, 0.15) is 6.42 Å². The molecule has 1 unspecified atom stereocenters. The number of benzene rings is 2. The first kappa shape index (κ1) is 24.3. The number of nitrogens with zero attached hydrogens (tertiary/aromatic N) is 4. The Kier molecular flexibility index (Phi) is 6.74. The Morgan fingerprint density at radius 3 is 2.81 bits per heavy atom. The molecule has 0 bridgehead atoms. The summed E-state index contributed by atoms with van der Waals surface area (Å²) in [7, 11) is 3.59. The minimum atomic E-state index is -0.366. The average Bonchev–Trinajstić information content (AvgIpc) is 3.50. The fourth-order valence-corrected chi connectivity index (χ4v) is 4.31. The monoisotopic (exact) mass is 502 g/mol. The van der Waals surface area contributed by atoms with Crippen LogP contribution in [0.15, 0.2) is 67.5 Å². The third-order valence-corrected chi connectivity index (χ3v) is 6.15. The van der Waals surface area contributed by atoms with E-state index in [1.807, 2.05) is 19.3 Å². The van der Waals surface area contributed by atoms with Crippen LogP contribution in [0.25, 0.3) is 16.7 Å². The molecule has 1 saturated heterocycles. The number of ether oxygens (including phenoxy) is 2. The van der Waals surface area contributed by atoms with Crippen molar-refractivity contribution in [2.75, 3.05) is 37.9 Å². The lowest BCUT2D eigenvalue weighted by atomic mass is 10.2. The van der Waals surface area contributed by atoms with Gasteiger partial charge in [-0.05, 0) is 49.9 Å². The number of carbonyl (C=O) groups is 1. The summed E-state index contributed by atoms with van der Waals surface area (Å²) in [5.41, 5.74) is 2.24. The maximum Gasteiger partial charge on any atom is 0.247 e. The first-order chi connectivity index (χ1) is 17.9. The van der Waals surface area contributed by atoms with Crippen molar-refractivity contribution < 1.29 is 18.7 Å². The molecule has 0 spiro atoms. The van der Waals surface area contributed by atoms with Crippen LogP contribution in [0.4, 0.5) is 21.7 Å². The Hall–Kier alpha value is -4.44. The van der Waals surface area contributed by atoms with Crippen molar-refractivity contribution in [3.05, 3.63) is 73.3 Å². The van der Waals surface area contributed by atoms with E-state index in [1.165, 1.54) is 18.2 Å². The summed E-state index contributed by atoms with van der Waals surface area (Å²) in [6, 6.07) is 11.6. The highest BCUT2D eigenvalue weighted by atomic mass is 19.1. The number of hydrogen-bond donors (Lipinski definition) is 2. The molecule has 5 rings (SSSR count). The number of likely N-dealkylation sites (tertiary alicyclic amines) is 1. The van der Waals surface area contributed by atoms with Gasteiger partial charge in [-0.25, -0.2) is 9.37 Å². The fraction of sp³-hybridized carbons (Fsp3) is 0.222. The van der Waals surface area contributed by atoms with Gasteiger partial charge in [0, 0.05) is 42.6 Å². The van der Waals surface area contributed by atoms with E-state index in [-0.39, 0.29) is 17.8 Å². The Labute approximate surface area is 213 Å². The second-order valence-electron chi connectivity index (χ2n) is 8.80. The predicted octanol–water partition coefficient (Wildman–Crippen LogP) is 4.52. The molecule has 10 heteroatoms. The molecule has 1 amide bonds. The van der Waals surface area contributed by atoms with Crippen molar-refractivity contribution in [1.82, 2.24) is 19.4 Å². The molecule has 1 fully saturated rings. The second-order valence-corrected chi connectivity index (χ2v) is 8.80. The first-order valence-corrected chi connectivity index (χ1v) is 11.8. The van der Waals surface area contributed by atoms with Crippen LogP contribution < -0.4 is 20.1 Å². The molecule has 9 nitrogen and oxygen atoms in total. The standard InChI is InChI=1S/C27H27FN6O3/c1-4-25(35)30-22-13-21(23(36-3)14-24(22)37-20-9-10-33(2)16-20)31-27-29-15-17-8-11-34(26(17)32-27)19-7-5-6-18(28)12-19/h4-8,11-15,20H,1,9-10,16H2,2-3H3,(H,30,35)(H,29,31,32). The number of hydrogen-bond acceptors (Lipinski definition) is 7. The topological polar surface area (TPSA) is 93.5 Å². The van der Waals surface area contributed by atoms with Crippen molar-refractivity contribution in [2.24, 2.45) is 0 Å². The van der Waals surface area contributed by atoms with Gasteiger partial charge in [-0.15, -0.1) is 0 Å². The van der Waals surface area contributed by atoms with Crippen LogP contribution in [-0.4, -0.2) is 58.7 Å². The lowest BCUT2D eigenvalue weighted by molar-refractivity contribution is -0.111. The maximum atomic E-state index is 13.8. The third-order valence-electron chi connectivity index (χ3n) is 6.15. The molecule has 1 aliphatic rings. The molecular formula is C27H27FN6O3. The predicted molar refractivity (Wildman–Crippen MR) is 140 cm³/mol. The molecule has 0 aliphatic carbocycles. The molecule has 2 aromatic heterocycles. The zero-order valence-corrected chi connectivity index (χ0v) is 20.6. The van der Waals surface area contributed by atoms with Crippen molar-refractivity contribution in [3.63, 3.8) is 0 Å². The normalized spacial score (nSPS) is 15.5. The molecule has 1 atom stereocenters. The van der Waals surface area contributed by atoms with E-state index in [2.05, 4.69) is 32.1 Å².